The molecule has 2 aromatic rings. The molecule has 0 heterocycles. The summed E-state index contributed by atoms with van der Waals surface area (Å²) < 4.78 is 26.3. The Kier molecular flexibility index (Phi) is 7.18. The molecule has 0 spiro atoms. The van der Waals surface area contributed by atoms with Crippen LogP contribution in [0.3, 0.4) is 0 Å². The first-order valence-corrected chi connectivity index (χ1v) is 11.0. The SMILES string of the molecule is CCc1cccc(CC)c1N(CCC(=O)Nc1cccc(C#N)c1)S(C)(=O)=O. The van der Waals surface area contributed by atoms with E-state index in [4.69, 9.17) is 5.26 Å². The summed E-state index contributed by atoms with van der Waals surface area (Å²) in [4.78, 5) is 12.4. The van der Waals surface area contributed by atoms with E-state index in [0.29, 0.717) is 29.8 Å². The Morgan fingerprint density at radius 1 is 1.11 bits per heavy atom. The molecule has 0 unspecified atom stereocenters. The number of benzene rings is 2. The summed E-state index contributed by atoms with van der Waals surface area (Å²) in [5.74, 6) is -0.309. The van der Waals surface area contributed by atoms with Crippen LogP contribution in [0.15, 0.2) is 42.5 Å². The maximum atomic E-state index is 12.5. The van der Waals surface area contributed by atoms with Crippen LogP contribution >= 0.6 is 0 Å². The van der Waals surface area contributed by atoms with Crippen molar-refractivity contribution < 1.29 is 13.2 Å². The molecular weight excluding hydrogens is 374 g/mol. The molecule has 0 aromatic heterocycles. The summed E-state index contributed by atoms with van der Waals surface area (Å²) in [6, 6.07) is 14.4. The third-order valence-corrected chi connectivity index (χ3v) is 5.60. The second-order valence-electron chi connectivity index (χ2n) is 6.46. The maximum absolute atomic E-state index is 12.5. The number of nitriles is 1. The van der Waals surface area contributed by atoms with E-state index in [9.17, 15) is 13.2 Å². The van der Waals surface area contributed by atoms with Crippen molar-refractivity contribution in [1.82, 2.24) is 0 Å². The van der Waals surface area contributed by atoms with Crippen molar-refractivity contribution in [3.05, 3.63) is 59.2 Å². The molecule has 1 N–H and O–H groups in total. The van der Waals surface area contributed by atoms with Gasteiger partial charge in [-0.3, -0.25) is 9.10 Å². The second kappa shape index (κ2) is 9.38. The van der Waals surface area contributed by atoms with Crippen molar-refractivity contribution >= 4 is 27.3 Å². The van der Waals surface area contributed by atoms with Gasteiger partial charge in [0.1, 0.15) is 0 Å². The number of nitrogens with one attached hydrogen (secondary N) is 1. The summed E-state index contributed by atoms with van der Waals surface area (Å²) in [6.45, 7) is 4.01. The molecule has 0 fully saturated rings. The number of rotatable bonds is 8. The van der Waals surface area contributed by atoms with Crippen molar-refractivity contribution in [1.29, 1.82) is 5.26 Å². The van der Waals surface area contributed by atoms with Crippen LogP contribution < -0.4 is 9.62 Å². The summed E-state index contributed by atoms with van der Waals surface area (Å²) in [6.07, 6.45) is 2.56. The zero-order valence-electron chi connectivity index (χ0n) is 16.4. The normalized spacial score (nSPS) is 10.9. The van der Waals surface area contributed by atoms with Crippen molar-refractivity contribution in [3.63, 3.8) is 0 Å². The molecule has 0 aliphatic carbocycles. The number of carbonyl (C=O) groups excluding carboxylic acids is 1. The largest absolute Gasteiger partial charge is 0.326 e. The average molecular weight is 400 g/mol. The van der Waals surface area contributed by atoms with Gasteiger partial charge in [-0.15, -0.1) is 0 Å². The number of hydrogen-bond donors (Lipinski definition) is 1. The predicted octanol–water partition coefficient (Wildman–Crippen LogP) is 3.48. The van der Waals surface area contributed by atoms with Gasteiger partial charge >= 0.3 is 0 Å². The number of amides is 1. The fourth-order valence-electron chi connectivity index (χ4n) is 3.07. The number of nitrogens with zero attached hydrogens (tertiary/aromatic N) is 2. The average Bonchev–Trinajstić information content (AvgIpc) is 2.67. The molecule has 2 rings (SSSR count). The van der Waals surface area contributed by atoms with Gasteiger partial charge in [0, 0.05) is 18.7 Å². The van der Waals surface area contributed by atoms with Crippen LogP contribution in [0.1, 0.15) is 37.0 Å². The topological polar surface area (TPSA) is 90.3 Å². The lowest BCUT2D eigenvalue weighted by Crippen LogP contribution is -2.34. The standard InChI is InChI=1S/C21H25N3O3S/c1-4-17-9-7-10-18(5-2)21(17)24(28(3,26)27)13-12-20(25)23-19-11-6-8-16(14-19)15-22/h6-11,14H,4-5,12-13H2,1-3H3,(H,23,25). The van der Waals surface area contributed by atoms with Crippen LogP contribution in [0, 0.1) is 11.3 Å². The lowest BCUT2D eigenvalue weighted by Gasteiger charge is -2.27. The van der Waals surface area contributed by atoms with Crippen LogP contribution in [0.5, 0.6) is 0 Å². The zero-order valence-corrected chi connectivity index (χ0v) is 17.2. The molecule has 28 heavy (non-hydrogen) atoms. The van der Waals surface area contributed by atoms with Gasteiger partial charge in [0.05, 0.1) is 23.6 Å². The van der Waals surface area contributed by atoms with Crippen LogP contribution in [-0.2, 0) is 27.7 Å². The lowest BCUT2D eigenvalue weighted by molar-refractivity contribution is -0.116. The minimum absolute atomic E-state index is 0.00501. The van der Waals surface area contributed by atoms with Crippen molar-refractivity contribution in [2.45, 2.75) is 33.1 Å². The van der Waals surface area contributed by atoms with Crippen molar-refractivity contribution in [3.8, 4) is 6.07 Å². The van der Waals surface area contributed by atoms with E-state index in [0.717, 1.165) is 17.4 Å². The summed E-state index contributed by atoms with van der Waals surface area (Å²) in [5, 5.41) is 11.7. The molecule has 6 nitrogen and oxygen atoms in total. The van der Waals surface area contributed by atoms with Gasteiger partial charge in [-0.25, -0.2) is 8.42 Å². The van der Waals surface area contributed by atoms with Crippen LogP contribution in [0.2, 0.25) is 0 Å². The van der Waals surface area contributed by atoms with Gasteiger partial charge in [-0.1, -0.05) is 38.1 Å². The van der Waals surface area contributed by atoms with Gasteiger partial charge in [-0.2, -0.15) is 5.26 Å². The summed E-state index contributed by atoms with van der Waals surface area (Å²) >= 11 is 0. The lowest BCUT2D eigenvalue weighted by atomic mass is 10.0. The van der Waals surface area contributed by atoms with Gasteiger partial charge in [-0.05, 0) is 42.2 Å². The molecule has 0 radical (unpaired) electrons. The smallest absolute Gasteiger partial charge is 0.232 e. The first kappa shape index (κ1) is 21.5. The Balaban J connectivity index is 2.23. The van der Waals surface area contributed by atoms with E-state index in [-0.39, 0.29) is 18.9 Å². The van der Waals surface area contributed by atoms with Crippen LogP contribution in [-0.4, -0.2) is 27.1 Å². The number of para-hydroxylation sites is 1. The molecule has 7 heteroatoms. The van der Waals surface area contributed by atoms with Crippen molar-refractivity contribution in [2.24, 2.45) is 0 Å². The van der Waals surface area contributed by atoms with E-state index >= 15 is 0 Å². The highest BCUT2D eigenvalue weighted by molar-refractivity contribution is 7.92. The molecule has 0 saturated heterocycles. The summed E-state index contributed by atoms with van der Waals surface area (Å²) in [7, 11) is -3.55. The van der Waals surface area contributed by atoms with Crippen molar-refractivity contribution in [2.75, 3.05) is 22.4 Å². The van der Waals surface area contributed by atoms with E-state index in [1.54, 1.807) is 24.3 Å². The van der Waals surface area contributed by atoms with E-state index in [2.05, 4.69) is 5.32 Å². The highest BCUT2D eigenvalue weighted by Crippen LogP contribution is 2.29. The predicted molar refractivity (Wildman–Crippen MR) is 112 cm³/mol. The minimum Gasteiger partial charge on any atom is -0.326 e. The highest BCUT2D eigenvalue weighted by Gasteiger charge is 2.23. The fourth-order valence-corrected chi connectivity index (χ4v) is 4.06. The number of carbonyl (C=O) groups is 1. The Morgan fingerprint density at radius 3 is 2.25 bits per heavy atom. The number of anilines is 2. The molecule has 1 amide bonds. The van der Waals surface area contributed by atoms with Crippen LogP contribution in [0.25, 0.3) is 0 Å². The fraction of sp³-hybridized carbons (Fsp3) is 0.333. The molecular formula is C21H25N3O3S. The van der Waals surface area contributed by atoms with Gasteiger partial charge in [0.2, 0.25) is 15.9 Å². The maximum Gasteiger partial charge on any atom is 0.232 e. The van der Waals surface area contributed by atoms with Gasteiger partial charge in [0.15, 0.2) is 0 Å². The van der Waals surface area contributed by atoms with Gasteiger partial charge < -0.3 is 5.32 Å². The Bertz CT molecular complexity index is 972. The van der Waals surface area contributed by atoms with Gasteiger partial charge in [0.25, 0.3) is 0 Å². The Labute approximate surface area is 166 Å². The quantitative estimate of drug-likeness (QED) is 0.736. The second-order valence-corrected chi connectivity index (χ2v) is 8.36. The first-order valence-electron chi connectivity index (χ1n) is 9.18. The Morgan fingerprint density at radius 2 is 1.71 bits per heavy atom. The third-order valence-electron chi connectivity index (χ3n) is 4.43. The minimum atomic E-state index is -3.55. The number of hydrogen-bond acceptors (Lipinski definition) is 4. The zero-order chi connectivity index (χ0) is 20.7. The number of aryl methyl sites for hydroxylation is 2. The molecule has 0 atom stereocenters. The molecule has 2 aromatic carbocycles. The van der Waals surface area contributed by atoms with Crippen LogP contribution in [0.4, 0.5) is 11.4 Å². The Hall–Kier alpha value is -2.85. The number of sulfonamides is 1. The monoisotopic (exact) mass is 399 g/mol. The van der Waals surface area contributed by atoms with E-state index in [1.807, 2.05) is 38.1 Å². The third kappa shape index (κ3) is 5.33. The summed E-state index contributed by atoms with van der Waals surface area (Å²) in [5.41, 5.74) is 3.51. The molecule has 0 aliphatic heterocycles. The molecule has 0 saturated carbocycles. The van der Waals surface area contributed by atoms with E-state index in [1.165, 1.54) is 4.31 Å². The molecule has 0 bridgehead atoms. The highest BCUT2D eigenvalue weighted by atomic mass is 32.2. The first-order chi connectivity index (χ1) is 13.3. The van der Waals surface area contributed by atoms with E-state index < -0.39 is 10.0 Å². The molecule has 0 aliphatic rings. The molecule has 148 valence electrons.